The molecule has 2 heterocycles. The zero-order valence-electron chi connectivity index (χ0n) is 14.3. The minimum atomic E-state index is 0.640. The van der Waals surface area contributed by atoms with E-state index in [9.17, 15) is 0 Å². The summed E-state index contributed by atoms with van der Waals surface area (Å²) < 4.78 is 0. The molecule has 0 amide bonds. The highest BCUT2D eigenvalue weighted by Gasteiger charge is 2.22. The van der Waals surface area contributed by atoms with Crippen molar-refractivity contribution in [3.8, 4) is 0 Å². The van der Waals surface area contributed by atoms with Gasteiger partial charge in [0.25, 0.3) is 0 Å². The Kier molecular flexibility index (Phi) is 6.64. The van der Waals surface area contributed by atoms with Gasteiger partial charge in [-0.15, -0.1) is 11.3 Å². The highest BCUT2D eigenvalue weighted by atomic mass is 32.1. The molecule has 5 nitrogen and oxygen atoms in total. The standard InChI is InChI=1S/C16H29N5S/c1-5-17-16(18-10-14-8-7-9-21(14)6-2)19-11-15-12(3)20-13(4)22-15/h14H,5-11H2,1-4H3,(H2,17,18,19). The number of guanidine groups is 1. The lowest BCUT2D eigenvalue weighted by Crippen LogP contribution is -2.44. The van der Waals surface area contributed by atoms with Gasteiger partial charge in [0, 0.05) is 24.0 Å². The molecule has 22 heavy (non-hydrogen) atoms. The largest absolute Gasteiger partial charge is 0.357 e. The van der Waals surface area contributed by atoms with Crippen LogP contribution in [-0.2, 0) is 6.54 Å². The van der Waals surface area contributed by atoms with Crippen molar-refractivity contribution in [1.82, 2.24) is 20.5 Å². The van der Waals surface area contributed by atoms with Gasteiger partial charge in [-0.25, -0.2) is 9.98 Å². The molecule has 2 N–H and O–H groups in total. The molecule has 1 fully saturated rings. The second-order valence-corrected chi connectivity index (χ2v) is 7.03. The van der Waals surface area contributed by atoms with Crippen molar-refractivity contribution in [3.63, 3.8) is 0 Å². The van der Waals surface area contributed by atoms with Crippen LogP contribution in [0.4, 0.5) is 0 Å². The van der Waals surface area contributed by atoms with Gasteiger partial charge in [-0.05, 0) is 46.7 Å². The van der Waals surface area contributed by atoms with Crippen LogP contribution >= 0.6 is 11.3 Å². The third-order valence-electron chi connectivity index (χ3n) is 4.13. The van der Waals surface area contributed by atoms with Crippen LogP contribution in [0.15, 0.2) is 4.99 Å². The highest BCUT2D eigenvalue weighted by Crippen LogP contribution is 2.18. The lowest BCUT2D eigenvalue weighted by molar-refractivity contribution is 0.267. The lowest BCUT2D eigenvalue weighted by atomic mass is 10.2. The van der Waals surface area contributed by atoms with E-state index >= 15 is 0 Å². The van der Waals surface area contributed by atoms with Crippen molar-refractivity contribution in [2.75, 3.05) is 26.2 Å². The Morgan fingerprint density at radius 3 is 2.82 bits per heavy atom. The predicted octanol–water partition coefficient (Wildman–Crippen LogP) is 2.30. The molecule has 0 aliphatic carbocycles. The van der Waals surface area contributed by atoms with Crippen LogP contribution in [0, 0.1) is 13.8 Å². The molecule has 1 aliphatic heterocycles. The van der Waals surface area contributed by atoms with Crippen molar-refractivity contribution in [2.24, 2.45) is 4.99 Å². The van der Waals surface area contributed by atoms with Gasteiger partial charge in [-0.1, -0.05) is 6.92 Å². The topological polar surface area (TPSA) is 52.6 Å². The molecule has 1 aliphatic rings. The summed E-state index contributed by atoms with van der Waals surface area (Å²) in [6.07, 6.45) is 2.60. The summed E-state index contributed by atoms with van der Waals surface area (Å²) in [4.78, 5) is 13.0. The molecule has 124 valence electrons. The molecule has 1 atom stereocenters. The molecular formula is C16H29N5S. The highest BCUT2D eigenvalue weighted by molar-refractivity contribution is 7.11. The van der Waals surface area contributed by atoms with E-state index in [0.717, 1.165) is 36.3 Å². The Balaban J connectivity index is 1.91. The number of aliphatic imine (C=N–C) groups is 1. The van der Waals surface area contributed by atoms with Gasteiger partial charge in [0.05, 0.1) is 17.2 Å². The zero-order chi connectivity index (χ0) is 15.9. The molecule has 2 rings (SSSR count). The number of rotatable bonds is 6. The maximum absolute atomic E-state index is 4.72. The summed E-state index contributed by atoms with van der Waals surface area (Å²) in [5, 5.41) is 7.96. The van der Waals surface area contributed by atoms with E-state index < -0.39 is 0 Å². The van der Waals surface area contributed by atoms with Crippen molar-refractivity contribution >= 4 is 17.3 Å². The smallest absolute Gasteiger partial charge is 0.191 e. The van der Waals surface area contributed by atoms with Crippen LogP contribution in [-0.4, -0.2) is 48.1 Å². The molecule has 0 aromatic carbocycles. The van der Waals surface area contributed by atoms with Gasteiger partial charge in [-0.2, -0.15) is 0 Å². The first-order chi connectivity index (χ1) is 10.6. The van der Waals surface area contributed by atoms with Crippen LogP contribution in [0.1, 0.15) is 42.3 Å². The van der Waals surface area contributed by atoms with Gasteiger partial charge in [0.1, 0.15) is 0 Å². The molecule has 1 saturated heterocycles. The number of nitrogens with zero attached hydrogens (tertiary/aromatic N) is 3. The van der Waals surface area contributed by atoms with Gasteiger partial charge in [0.2, 0.25) is 0 Å². The molecular weight excluding hydrogens is 294 g/mol. The predicted molar refractivity (Wildman–Crippen MR) is 94.7 cm³/mol. The van der Waals surface area contributed by atoms with Gasteiger partial charge in [-0.3, -0.25) is 4.90 Å². The second-order valence-electron chi connectivity index (χ2n) is 5.74. The monoisotopic (exact) mass is 323 g/mol. The lowest BCUT2D eigenvalue weighted by Gasteiger charge is -2.23. The third kappa shape index (κ3) is 4.68. The Morgan fingerprint density at radius 1 is 1.36 bits per heavy atom. The summed E-state index contributed by atoms with van der Waals surface area (Å²) in [6.45, 7) is 13.4. The number of aromatic nitrogens is 1. The molecule has 1 unspecified atom stereocenters. The molecule has 1 aromatic rings. The Labute approximate surface area is 138 Å². The number of likely N-dealkylation sites (N-methyl/N-ethyl adjacent to an activating group) is 1. The van der Waals surface area contributed by atoms with E-state index in [4.69, 9.17) is 4.99 Å². The van der Waals surface area contributed by atoms with E-state index in [2.05, 4.69) is 41.3 Å². The molecule has 1 aromatic heterocycles. The normalized spacial score (nSPS) is 19.6. The van der Waals surface area contributed by atoms with E-state index in [1.807, 2.05) is 6.92 Å². The number of thiazole rings is 1. The van der Waals surface area contributed by atoms with Crippen molar-refractivity contribution < 1.29 is 0 Å². The van der Waals surface area contributed by atoms with Gasteiger partial charge < -0.3 is 10.6 Å². The van der Waals surface area contributed by atoms with E-state index in [1.54, 1.807) is 11.3 Å². The Bertz CT molecular complexity index is 497. The Hall–Kier alpha value is -1.14. The fourth-order valence-electron chi connectivity index (χ4n) is 2.97. The first-order valence-corrected chi connectivity index (χ1v) is 9.14. The summed E-state index contributed by atoms with van der Waals surface area (Å²) in [7, 11) is 0. The molecule has 0 radical (unpaired) electrons. The van der Waals surface area contributed by atoms with Crippen molar-refractivity contribution in [2.45, 2.75) is 53.1 Å². The van der Waals surface area contributed by atoms with Crippen LogP contribution in [0.2, 0.25) is 0 Å². The van der Waals surface area contributed by atoms with Crippen LogP contribution in [0.5, 0.6) is 0 Å². The Morgan fingerprint density at radius 2 is 2.18 bits per heavy atom. The van der Waals surface area contributed by atoms with Gasteiger partial charge in [0.15, 0.2) is 5.96 Å². The van der Waals surface area contributed by atoms with E-state index in [-0.39, 0.29) is 0 Å². The van der Waals surface area contributed by atoms with Crippen LogP contribution < -0.4 is 10.6 Å². The summed E-state index contributed by atoms with van der Waals surface area (Å²) in [6, 6.07) is 0.640. The van der Waals surface area contributed by atoms with E-state index in [1.165, 1.54) is 24.3 Å². The zero-order valence-corrected chi connectivity index (χ0v) is 15.1. The molecule has 6 heteroatoms. The minimum Gasteiger partial charge on any atom is -0.357 e. The number of nitrogens with one attached hydrogen (secondary N) is 2. The first kappa shape index (κ1) is 17.2. The summed E-state index contributed by atoms with van der Waals surface area (Å²) in [5.41, 5.74) is 1.11. The quantitative estimate of drug-likeness (QED) is 0.623. The van der Waals surface area contributed by atoms with Crippen molar-refractivity contribution in [3.05, 3.63) is 15.6 Å². The van der Waals surface area contributed by atoms with Crippen molar-refractivity contribution in [1.29, 1.82) is 0 Å². The maximum atomic E-state index is 4.72. The number of likely N-dealkylation sites (tertiary alicyclic amines) is 1. The third-order valence-corrected chi connectivity index (χ3v) is 5.19. The molecule has 0 bridgehead atoms. The van der Waals surface area contributed by atoms with Crippen LogP contribution in [0.25, 0.3) is 0 Å². The fourth-order valence-corrected chi connectivity index (χ4v) is 3.83. The SMILES string of the molecule is CCNC(=NCc1sc(C)nc1C)NCC1CCCN1CC. The molecule has 0 spiro atoms. The summed E-state index contributed by atoms with van der Waals surface area (Å²) >= 11 is 1.74. The maximum Gasteiger partial charge on any atom is 0.191 e. The van der Waals surface area contributed by atoms with Gasteiger partial charge >= 0.3 is 0 Å². The fraction of sp³-hybridized carbons (Fsp3) is 0.750. The average molecular weight is 324 g/mol. The molecule has 0 saturated carbocycles. The second kappa shape index (κ2) is 8.48. The minimum absolute atomic E-state index is 0.640. The number of hydrogen-bond donors (Lipinski definition) is 2. The number of hydrogen-bond acceptors (Lipinski definition) is 4. The number of aryl methyl sites for hydroxylation is 2. The van der Waals surface area contributed by atoms with Crippen LogP contribution in [0.3, 0.4) is 0 Å². The first-order valence-electron chi connectivity index (χ1n) is 8.33. The summed E-state index contributed by atoms with van der Waals surface area (Å²) in [5.74, 6) is 0.913. The van der Waals surface area contributed by atoms with E-state index in [0.29, 0.717) is 12.6 Å². The average Bonchev–Trinajstić information content (AvgIpc) is 3.07.